The first-order chi connectivity index (χ1) is 12.2. The van der Waals surface area contributed by atoms with E-state index in [4.69, 9.17) is 4.74 Å². The zero-order valence-electron chi connectivity index (χ0n) is 14.5. The van der Waals surface area contributed by atoms with Crippen molar-refractivity contribution in [3.05, 3.63) is 77.8 Å². The molecule has 0 amide bonds. The van der Waals surface area contributed by atoms with Gasteiger partial charge in [0.2, 0.25) is 0 Å². The SMILES string of the molecule is C=C(C1CCc2ccccc21)N1CCC[C@H](Oc2ccc(F)cc2)C1. The molecule has 130 valence electrons. The van der Waals surface area contributed by atoms with Gasteiger partial charge >= 0.3 is 0 Å². The Morgan fingerprint density at radius 3 is 2.72 bits per heavy atom. The summed E-state index contributed by atoms with van der Waals surface area (Å²) < 4.78 is 19.1. The second-order valence-electron chi connectivity index (χ2n) is 7.06. The molecule has 0 bridgehead atoms. The van der Waals surface area contributed by atoms with Crippen LogP contribution in [-0.2, 0) is 6.42 Å². The predicted molar refractivity (Wildman–Crippen MR) is 98.3 cm³/mol. The minimum absolute atomic E-state index is 0.132. The average Bonchev–Trinajstić information content (AvgIpc) is 3.07. The van der Waals surface area contributed by atoms with Crippen molar-refractivity contribution in [2.45, 2.75) is 37.7 Å². The molecule has 0 aromatic heterocycles. The van der Waals surface area contributed by atoms with Gasteiger partial charge in [-0.3, -0.25) is 0 Å². The maximum atomic E-state index is 13.1. The lowest BCUT2D eigenvalue weighted by Crippen LogP contribution is -2.41. The standard InChI is InChI=1S/C22H24FNO/c1-16(21-13-8-17-5-2-3-7-22(17)21)24-14-4-6-20(15-24)25-19-11-9-18(23)10-12-19/h2-3,5,7,9-12,20-21H,1,4,6,8,13-15H2/t20-,21?/m0/s1. The van der Waals surface area contributed by atoms with Crippen molar-refractivity contribution in [2.24, 2.45) is 0 Å². The van der Waals surface area contributed by atoms with E-state index >= 15 is 0 Å². The second-order valence-corrected chi connectivity index (χ2v) is 7.06. The quantitative estimate of drug-likeness (QED) is 0.786. The van der Waals surface area contributed by atoms with Gasteiger partial charge in [0.25, 0.3) is 0 Å². The zero-order chi connectivity index (χ0) is 17.2. The lowest BCUT2D eigenvalue weighted by molar-refractivity contribution is 0.104. The van der Waals surface area contributed by atoms with Gasteiger partial charge in [0.05, 0.1) is 6.54 Å². The van der Waals surface area contributed by atoms with Gasteiger partial charge in [-0.15, -0.1) is 0 Å². The molecule has 0 radical (unpaired) electrons. The summed E-state index contributed by atoms with van der Waals surface area (Å²) in [5.74, 6) is 0.941. The molecule has 0 spiro atoms. The second kappa shape index (κ2) is 6.91. The van der Waals surface area contributed by atoms with Crippen molar-refractivity contribution < 1.29 is 9.13 Å². The van der Waals surface area contributed by atoms with Gasteiger partial charge in [-0.05, 0) is 61.1 Å². The minimum atomic E-state index is -0.231. The van der Waals surface area contributed by atoms with Gasteiger partial charge in [-0.25, -0.2) is 4.39 Å². The highest BCUT2D eigenvalue weighted by Crippen LogP contribution is 2.39. The third kappa shape index (κ3) is 3.41. The Hall–Kier alpha value is -2.29. The van der Waals surface area contributed by atoms with Crippen LogP contribution in [0, 0.1) is 5.82 Å². The van der Waals surface area contributed by atoms with E-state index < -0.39 is 0 Å². The van der Waals surface area contributed by atoms with Gasteiger partial charge in [0, 0.05) is 18.2 Å². The van der Waals surface area contributed by atoms with Crippen LogP contribution >= 0.6 is 0 Å². The van der Waals surface area contributed by atoms with Crippen LogP contribution in [0.5, 0.6) is 5.75 Å². The molecule has 2 aromatic rings. The first kappa shape index (κ1) is 16.2. The molecule has 1 unspecified atom stereocenters. The molecular weight excluding hydrogens is 313 g/mol. The molecule has 4 rings (SSSR count). The van der Waals surface area contributed by atoms with E-state index in [2.05, 4.69) is 35.7 Å². The van der Waals surface area contributed by atoms with E-state index in [0.717, 1.165) is 44.5 Å². The Labute approximate surface area is 148 Å². The molecule has 2 aromatic carbocycles. The number of fused-ring (bicyclic) bond motifs is 1. The highest BCUT2D eigenvalue weighted by molar-refractivity contribution is 5.39. The molecule has 1 aliphatic heterocycles. The Morgan fingerprint density at radius 2 is 1.88 bits per heavy atom. The number of allylic oxidation sites excluding steroid dienone is 1. The van der Waals surface area contributed by atoms with Crippen LogP contribution in [0.25, 0.3) is 0 Å². The van der Waals surface area contributed by atoms with Crippen molar-refractivity contribution >= 4 is 0 Å². The summed E-state index contributed by atoms with van der Waals surface area (Å²) in [5, 5.41) is 0. The van der Waals surface area contributed by atoms with Crippen molar-refractivity contribution in [1.29, 1.82) is 0 Å². The number of likely N-dealkylation sites (tertiary alicyclic amines) is 1. The summed E-state index contributed by atoms with van der Waals surface area (Å²) in [4.78, 5) is 2.39. The maximum absolute atomic E-state index is 13.1. The number of halogens is 1. The monoisotopic (exact) mass is 337 g/mol. The Kier molecular flexibility index (Phi) is 4.48. The molecule has 1 heterocycles. The highest BCUT2D eigenvalue weighted by atomic mass is 19.1. The average molecular weight is 337 g/mol. The molecule has 3 heteroatoms. The van der Waals surface area contributed by atoms with Crippen LogP contribution in [0.3, 0.4) is 0 Å². The third-order valence-corrected chi connectivity index (χ3v) is 5.44. The molecular formula is C22H24FNO. The minimum Gasteiger partial charge on any atom is -0.489 e. The van der Waals surface area contributed by atoms with Gasteiger partial charge < -0.3 is 9.64 Å². The van der Waals surface area contributed by atoms with E-state index in [1.54, 1.807) is 12.1 Å². The lowest BCUT2D eigenvalue weighted by Gasteiger charge is -2.37. The van der Waals surface area contributed by atoms with Crippen molar-refractivity contribution in [3.8, 4) is 5.75 Å². The molecule has 2 aliphatic rings. The van der Waals surface area contributed by atoms with E-state index in [-0.39, 0.29) is 11.9 Å². The molecule has 1 saturated heterocycles. The van der Waals surface area contributed by atoms with Crippen molar-refractivity contribution in [2.75, 3.05) is 13.1 Å². The predicted octanol–water partition coefficient (Wildman–Crippen LogP) is 4.91. The number of aryl methyl sites for hydroxylation is 1. The van der Waals surface area contributed by atoms with E-state index in [9.17, 15) is 4.39 Å². The van der Waals surface area contributed by atoms with Crippen molar-refractivity contribution in [3.63, 3.8) is 0 Å². The molecule has 1 fully saturated rings. The number of benzene rings is 2. The van der Waals surface area contributed by atoms with Gasteiger partial charge in [-0.1, -0.05) is 30.8 Å². The third-order valence-electron chi connectivity index (χ3n) is 5.44. The molecule has 25 heavy (non-hydrogen) atoms. The topological polar surface area (TPSA) is 12.5 Å². The molecule has 2 atom stereocenters. The number of rotatable bonds is 4. The zero-order valence-corrected chi connectivity index (χ0v) is 14.5. The smallest absolute Gasteiger partial charge is 0.123 e. The normalized spacial score (nSPS) is 22.5. The largest absolute Gasteiger partial charge is 0.489 e. The number of nitrogens with zero attached hydrogens (tertiary/aromatic N) is 1. The van der Waals surface area contributed by atoms with E-state index in [1.165, 1.54) is 29.0 Å². The highest BCUT2D eigenvalue weighted by Gasteiger charge is 2.30. The van der Waals surface area contributed by atoms with Gasteiger partial charge in [0.1, 0.15) is 17.7 Å². The van der Waals surface area contributed by atoms with E-state index in [0.29, 0.717) is 5.92 Å². The Balaban J connectivity index is 1.43. The summed E-state index contributed by atoms with van der Waals surface area (Å²) >= 11 is 0. The maximum Gasteiger partial charge on any atom is 0.123 e. The fraction of sp³-hybridized carbons (Fsp3) is 0.364. The van der Waals surface area contributed by atoms with Crippen LogP contribution < -0.4 is 4.74 Å². The molecule has 2 nitrogen and oxygen atoms in total. The fourth-order valence-corrected chi connectivity index (χ4v) is 4.12. The Bertz CT molecular complexity index is 755. The van der Waals surface area contributed by atoms with Gasteiger partial charge in [-0.2, -0.15) is 0 Å². The molecule has 0 N–H and O–H groups in total. The van der Waals surface area contributed by atoms with Gasteiger partial charge in [0.15, 0.2) is 0 Å². The van der Waals surface area contributed by atoms with Crippen LogP contribution in [0.4, 0.5) is 4.39 Å². The molecule has 1 aliphatic carbocycles. The van der Waals surface area contributed by atoms with Crippen molar-refractivity contribution in [1.82, 2.24) is 4.90 Å². The van der Waals surface area contributed by atoms with E-state index in [1.807, 2.05) is 0 Å². The number of hydrogen-bond acceptors (Lipinski definition) is 2. The summed E-state index contributed by atoms with van der Waals surface area (Å²) in [6.45, 7) is 6.33. The first-order valence-electron chi connectivity index (χ1n) is 9.14. The van der Waals surface area contributed by atoms with Crippen LogP contribution in [0.1, 0.15) is 36.3 Å². The van der Waals surface area contributed by atoms with Crippen LogP contribution in [-0.4, -0.2) is 24.1 Å². The fourth-order valence-electron chi connectivity index (χ4n) is 4.12. The Morgan fingerprint density at radius 1 is 1.08 bits per heavy atom. The summed E-state index contributed by atoms with van der Waals surface area (Å²) in [6, 6.07) is 15.0. The number of ether oxygens (including phenoxy) is 1. The lowest BCUT2D eigenvalue weighted by atomic mass is 9.95. The summed E-state index contributed by atoms with van der Waals surface area (Å²) in [5.41, 5.74) is 4.12. The first-order valence-corrected chi connectivity index (χ1v) is 9.14. The summed E-state index contributed by atoms with van der Waals surface area (Å²) in [7, 11) is 0. The van der Waals surface area contributed by atoms with Crippen LogP contribution in [0.2, 0.25) is 0 Å². The van der Waals surface area contributed by atoms with Crippen LogP contribution in [0.15, 0.2) is 60.8 Å². The molecule has 0 saturated carbocycles. The number of piperidine rings is 1. The summed E-state index contributed by atoms with van der Waals surface area (Å²) in [6.07, 6.45) is 4.55. The number of hydrogen-bond donors (Lipinski definition) is 0.